The van der Waals surface area contributed by atoms with E-state index in [1.807, 2.05) is 0 Å². The number of aromatic nitrogens is 1. The Kier molecular flexibility index (Phi) is 5.24. The average molecular weight is 297 g/mol. The van der Waals surface area contributed by atoms with Gasteiger partial charge in [-0.3, -0.25) is 14.5 Å². The number of alkyl halides is 3. The van der Waals surface area contributed by atoms with Crippen molar-refractivity contribution in [2.75, 3.05) is 25.0 Å². The molecular formula is C9H10F3N3O3S. The minimum Gasteiger partial charge on any atom is -0.480 e. The molecule has 10 heteroatoms. The van der Waals surface area contributed by atoms with E-state index in [4.69, 9.17) is 5.11 Å². The smallest absolute Gasteiger partial charge is 0.401 e. The Morgan fingerprint density at radius 1 is 1.42 bits per heavy atom. The zero-order valence-electron chi connectivity index (χ0n) is 9.48. The third-order valence-electron chi connectivity index (χ3n) is 1.81. The molecule has 6 nitrogen and oxygen atoms in total. The van der Waals surface area contributed by atoms with E-state index in [0.29, 0.717) is 4.90 Å². The number of nitrogens with zero attached hydrogens (tertiary/aromatic N) is 2. The number of carboxylic acid groups (broad SMARTS) is 1. The summed E-state index contributed by atoms with van der Waals surface area (Å²) in [5.74, 6) is -2.19. The number of aliphatic carboxylic acids is 1. The number of hydrogen-bond acceptors (Lipinski definition) is 5. The summed E-state index contributed by atoms with van der Waals surface area (Å²) in [6, 6.07) is 0. The number of hydrogen-bond donors (Lipinski definition) is 2. The van der Waals surface area contributed by atoms with Crippen molar-refractivity contribution < 1.29 is 27.9 Å². The van der Waals surface area contributed by atoms with Gasteiger partial charge in [-0.2, -0.15) is 13.2 Å². The number of thiazole rings is 1. The van der Waals surface area contributed by atoms with E-state index in [2.05, 4.69) is 10.3 Å². The Labute approximate surface area is 109 Å². The highest BCUT2D eigenvalue weighted by atomic mass is 32.1. The van der Waals surface area contributed by atoms with E-state index in [0.717, 1.165) is 11.3 Å². The highest BCUT2D eigenvalue weighted by molar-refractivity contribution is 7.13. The molecule has 0 bridgehead atoms. The topological polar surface area (TPSA) is 82.5 Å². The number of halogens is 3. The normalized spacial score (nSPS) is 11.6. The van der Waals surface area contributed by atoms with Crippen molar-refractivity contribution in [2.24, 2.45) is 0 Å². The van der Waals surface area contributed by atoms with Crippen LogP contribution in [0, 0.1) is 0 Å². The second-order valence-electron chi connectivity index (χ2n) is 3.54. The molecule has 0 aliphatic rings. The van der Waals surface area contributed by atoms with Crippen LogP contribution in [0.15, 0.2) is 11.6 Å². The van der Waals surface area contributed by atoms with Crippen LogP contribution in [-0.4, -0.2) is 52.7 Å². The van der Waals surface area contributed by atoms with Crippen LogP contribution in [0.2, 0.25) is 0 Å². The molecule has 0 aliphatic heterocycles. The lowest BCUT2D eigenvalue weighted by molar-refractivity contribution is -0.154. The predicted octanol–water partition coefficient (Wildman–Crippen LogP) is 1.03. The first kappa shape index (κ1) is 15.4. The zero-order chi connectivity index (χ0) is 14.5. The molecule has 0 fully saturated rings. The molecule has 0 aromatic carbocycles. The second-order valence-corrected chi connectivity index (χ2v) is 4.43. The number of rotatable bonds is 6. The number of carbonyl (C=O) groups excluding carboxylic acids is 1. The first-order chi connectivity index (χ1) is 8.76. The van der Waals surface area contributed by atoms with E-state index in [-0.39, 0.29) is 5.13 Å². The van der Waals surface area contributed by atoms with Gasteiger partial charge >= 0.3 is 12.1 Å². The van der Waals surface area contributed by atoms with Gasteiger partial charge in [0.15, 0.2) is 5.13 Å². The van der Waals surface area contributed by atoms with E-state index in [1.165, 1.54) is 6.20 Å². The monoisotopic (exact) mass is 297 g/mol. The van der Waals surface area contributed by atoms with Crippen LogP contribution >= 0.6 is 11.3 Å². The van der Waals surface area contributed by atoms with Crippen molar-refractivity contribution in [1.29, 1.82) is 0 Å². The fourth-order valence-corrected chi connectivity index (χ4v) is 1.80. The van der Waals surface area contributed by atoms with Gasteiger partial charge in [-0.15, -0.1) is 11.3 Å². The summed E-state index contributed by atoms with van der Waals surface area (Å²) in [7, 11) is 0. The van der Waals surface area contributed by atoms with Crippen molar-refractivity contribution in [2.45, 2.75) is 6.18 Å². The van der Waals surface area contributed by atoms with Crippen molar-refractivity contribution in [3.63, 3.8) is 0 Å². The maximum atomic E-state index is 12.2. The van der Waals surface area contributed by atoms with Crippen LogP contribution < -0.4 is 5.32 Å². The summed E-state index contributed by atoms with van der Waals surface area (Å²) in [6.45, 7) is -3.01. The first-order valence-electron chi connectivity index (χ1n) is 4.96. The Hall–Kier alpha value is -1.68. The third-order valence-corrected chi connectivity index (χ3v) is 2.50. The molecular weight excluding hydrogens is 287 g/mol. The maximum absolute atomic E-state index is 12.2. The van der Waals surface area contributed by atoms with Crippen LogP contribution in [0.5, 0.6) is 0 Å². The number of nitrogens with one attached hydrogen (secondary N) is 1. The van der Waals surface area contributed by atoms with Gasteiger partial charge in [0.05, 0.1) is 19.6 Å². The molecule has 0 radical (unpaired) electrons. The summed E-state index contributed by atoms with van der Waals surface area (Å²) >= 11 is 1.11. The molecule has 2 N–H and O–H groups in total. The summed E-state index contributed by atoms with van der Waals surface area (Å²) in [5.41, 5.74) is 0. The molecule has 1 rings (SSSR count). The summed E-state index contributed by atoms with van der Waals surface area (Å²) in [4.78, 5) is 26.1. The minimum atomic E-state index is -4.57. The summed E-state index contributed by atoms with van der Waals surface area (Å²) < 4.78 is 36.6. The van der Waals surface area contributed by atoms with Gasteiger partial charge in [0.25, 0.3) is 0 Å². The average Bonchev–Trinajstić information content (AvgIpc) is 2.65. The van der Waals surface area contributed by atoms with Gasteiger partial charge in [-0.25, -0.2) is 4.98 Å². The van der Waals surface area contributed by atoms with Crippen molar-refractivity contribution >= 4 is 28.3 Å². The van der Waals surface area contributed by atoms with Crippen LogP contribution in [0.25, 0.3) is 0 Å². The van der Waals surface area contributed by atoms with Gasteiger partial charge in [0.1, 0.15) is 0 Å². The fourth-order valence-electron chi connectivity index (χ4n) is 1.26. The number of anilines is 1. The molecule has 0 spiro atoms. The first-order valence-corrected chi connectivity index (χ1v) is 5.84. The highest BCUT2D eigenvalue weighted by Crippen LogP contribution is 2.16. The molecule has 0 unspecified atom stereocenters. The summed E-state index contributed by atoms with van der Waals surface area (Å²) in [6.07, 6.45) is -3.15. The number of carboxylic acids is 1. The molecule has 0 saturated heterocycles. The van der Waals surface area contributed by atoms with E-state index in [9.17, 15) is 22.8 Å². The van der Waals surface area contributed by atoms with Crippen LogP contribution in [0.3, 0.4) is 0 Å². The van der Waals surface area contributed by atoms with Crippen LogP contribution in [-0.2, 0) is 9.59 Å². The van der Waals surface area contributed by atoms with Gasteiger partial charge in [-0.1, -0.05) is 0 Å². The van der Waals surface area contributed by atoms with Crippen LogP contribution in [0.1, 0.15) is 0 Å². The molecule has 0 saturated carbocycles. The van der Waals surface area contributed by atoms with Gasteiger partial charge in [-0.05, 0) is 0 Å². The SMILES string of the molecule is O=C(O)CN(CC(=O)Nc1nccs1)CC(F)(F)F. The van der Waals surface area contributed by atoms with Crippen molar-refractivity contribution in [3.8, 4) is 0 Å². The largest absolute Gasteiger partial charge is 0.480 e. The molecule has 1 aromatic rings. The van der Waals surface area contributed by atoms with Crippen LogP contribution in [0.4, 0.5) is 18.3 Å². The molecule has 19 heavy (non-hydrogen) atoms. The van der Waals surface area contributed by atoms with Gasteiger partial charge in [0.2, 0.25) is 5.91 Å². The van der Waals surface area contributed by atoms with E-state index >= 15 is 0 Å². The number of amides is 1. The van der Waals surface area contributed by atoms with E-state index in [1.54, 1.807) is 5.38 Å². The molecule has 106 valence electrons. The lowest BCUT2D eigenvalue weighted by atomic mass is 10.4. The van der Waals surface area contributed by atoms with Crippen molar-refractivity contribution in [3.05, 3.63) is 11.6 Å². The quantitative estimate of drug-likeness (QED) is 0.819. The highest BCUT2D eigenvalue weighted by Gasteiger charge is 2.32. The minimum absolute atomic E-state index is 0.243. The predicted molar refractivity (Wildman–Crippen MR) is 60.9 cm³/mol. The zero-order valence-corrected chi connectivity index (χ0v) is 10.3. The standard InChI is InChI=1S/C9H10F3N3O3S/c10-9(11,12)5-15(4-7(17)18)3-6(16)14-8-13-1-2-19-8/h1-2H,3-5H2,(H,17,18)(H,13,14,16). The molecule has 0 atom stereocenters. The molecule has 0 aliphatic carbocycles. The lowest BCUT2D eigenvalue weighted by Gasteiger charge is -2.20. The fraction of sp³-hybridized carbons (Fsp3) is 0.444. The molecule has 1 amide bonds. The van der Waals surface area contributed by atoms with Crippen molar-refractivity contribution in [1.82, 2.24) is 9.88 Å². The van der Waals surface area contributed by atoms with Gasteiger partial charge < -0.3 is 10.4 Å². The Morgan fingerprint density at radius 3 is 2.58 bits per heavy atom. The third kappa shape index (κ3) is 6.72. The van der Waals surface area contributed by atoms with Gasteiger partial charge in [0, 0.05) is 11.6 Å². The molecule has 1 aromatic heterocycles. The Morgan fingerprint density at radius 2 is 2.11 bits per heavy atom. The van der Waals surface area contributed by atoms with E-state index < -0.39 is 37.7 Å². The number of carbonyl (C=O) groups is 2. The summed E-state index contributed by atoms with van der Waals surface area (Å²) in [5, 5.41) is 12.6. The molecule has 1 heterocycles. The Balaban J connectivity index is 2.55. The second kappa shape index (κ2) is 6.48. The maximum Gasteiger partial charge on any atom is 0.401 e. The lowest BCUT2D eigenvalue weighted by Crippen LogP contribution is -2.42. The Bertz CT molecular complexity index is 436.